The van der Waals surface area contributed by atoms with Crippen LogP contribution in [0.5, 0.6) is 0 Å². The van der Waals surface area contributed by atoms with E-state index in [0.29, 0.717) is 12.0 Å². The molecule has 1 rings (SSSR count). The molecule has 1 atom stereocenters. The minimum Gasteiger partial charge on any atom is -0.382 e. The Morgan fingerprint density at radius 1 is 1.23 bits per heavy atom. The van der Waals surface area contributed by atoms with Crippen LogP contribution in [0.3, 0.4) is 0 Å². The minimum absolute atomic E-state index is 0.471. The lowest BCUT2D eigenvalue weighted by Gasteiger charge is -2.18. The number of hydrogen-bond donors (Lipinski definition) is 1. The molecule has 0 aliphatic carbocycles. The molecule has 0 aliphatic heterocycles. The molecule has 13 heavy (non-hydrogen) atoms. The average Bonchev–Trinajstić information content (AvgIpc) is 2.04. The van der Waals surface area contributed by atoms with E-state index in [9.17, 15) is 0 Å². The van der Waals surface area contributed by atoms with E-state index < -0.39 is 0 Å². The van der Waals surface area contributed by atoms with E-state index >= 15 is 0 Å². The Bertz CT molecular complexity index is 271. The first-order valence-corrected chi connectivity index (χ1v) is 4.99. The van der Waals surface area contributed by atoms with Gasteiger partial charge >= 0.3 is 0 Å². The van der Waals surface area contributed by atoms with E-state index in [-0.39, 0.29) is 0 Å². The van der Waals surface area contributed by atoms with Crippen LogP contribution in [0.1, 0.15) is 20.8 Å². The van der Waals surface area contributed by atoms with Gasteiger partial charge in [-0.05, 0) is 31.0 Å². The third-order valence-corrected chi connectivity index (χ3v) is 2.45. The van der Waals surface area contributed by atoms with Crippen molar-refractivity contribution >= 4 is 17.3 Å². The van der Waals surface area contributed by atoms with Gasteiger partial charge in [-0.3, -0.25) is 0 Å². The van der Waals surface area contributed by atoms with Crippen LogP contribution in [-0.2, 0) is 0 Å². The number of halogens is 1. The zero-order chi connectivity index (χ0) is 9.84. The van der Waals surface area contributed by atoms with Crippen molar-refractivity contribution in [3.63, 3.8) is 0 Å². The maximum Gasteiger partial charge on any atom is 0.0426 e. The second-order valence-corrected chi connectivity index (χ2v) is 4.12. The summed E-state index contributed by atoms with van der Waals surface area (Å²) in [5.41, 5.74) is 1.09. The predicted octanol–water partition coefficient (Wildman–Crippen LogP) is 3.80. The van der Waals surface area contributed by atoms with Crippen LogP contribution in [0.15, 0.2) is 24.3 Å². The number of hydrogen-bond acceptors (Lipinski definition) is 1. The van der Waals surface area contributed by atoms with E-state index in [0.717, 1.165) is 10.7 Å². The van der Waals surface area contributed by atoms with Crippen LogP contribution >= 0.6 is 11.6 Å². The van der Waals surface area contributed by atoms with Crippen molar-refractivity contribution in [3.05, 3.63) is 29.3 Å². The van der Waals surface area contributed by atoms with Crippen molar-refractivity contribution in [2.75, 3.05) is 5.32 Å². The summed E-state index contributed by atoms with van der Waals surface area (Å²) < 4.78 is 0. The van der Waals surface area contributed by atoms with E-state index in [1.165, 1.54) is 0 Å². The molecule has 1 N–H and O–H groups in total. The molecule has 1 aromatic rings. The minimum atomic E-state index is 0.471. The first kappa shape index (κ1) is 10.4. The topological polar surface area (TPSA) is 12.0 Å². The standard InChI is InChI=1S/C11H16ClN/c1-8(2)9(3)13-11-6-4-5-10(12)7-11/h4-9,13H,1-3H3. The molecule has 0 radical (unpaired) electrons. The van der Waals surface area contributed by atoms with Crippen molar-refractivity contribution < 1.29 is 0 Å². The normalized spacial score (nSPS) is 13.0. The molecule has 0 spiro atoms. The molecule has 1 aromatic carbocycles. The first-order valence-electron chi connectivity index (χ1n) is 4.61. The Morgan fingerprint density at radius 2 is 1.92 bits per heavy atom. The molecule has 2 heteroatoms. The zero-order valence-electron chi connectivity index (χ0n) is 8.34. The average molecular weight is 198 g/mol. The Hall–Kier alpha value is -0.690. The highest BCUT2D eigenvalue weighted by Gasteiger charge is 2.05. The van der Waals surface area contributed by atoms with Crippen LogP contribution in [0, 0.1) is 5.92 Å². The fourth-order valence-electron chi connectivity index (χ4n) is 1.01. The predicted molar refractivity (Wildman–Crippen MR) is 59.4 cm³/mol. The summed E-state index contributed by atoms with van der Waals surface area (Å²) in [4.78, 5) is 0. The van der Waals surface area contributed by atoms with Gasteiger partial charge in [0.25, 0.3) is 0 Å². The molecule has 0 aliphatic rings. The quantitative estimate of drug-likeness (QED) is 0.778. The summed E-state index contributed by atoms with van der Waals surface area (Å²) in [5, 5.41) is 4.18. The highest BCUT2D eigenvalue weighted by Crippen LogP contribution is 2.17. The molecule has 0 heterocycles. The van der Waals surface area contributed by atoms with Crippen LogP contribution in [-0.4, -0.2) is 6.04 Å². The number of rotatable bonds is 3. The molecule has 0 aromatic heterocycles. The third kappa shape index (κ3) is 3.27. The Balaban J connectivity index is 2.64. The van der Waals surface area contributed by atoms with Crippen molar-refractivity contribution in [1.82, 2.24) is 0 Å². The van der Waals surface area contributed by atoms with Gasteiger partial charge in [-0.1, -0.05) is 31.5 Å². The molecule has 0 amide bonds. The van der Waals surface area contributed by atoms with Gasteiger partial charge in [0.05, 0.1) is 0 Å². The summed E-state index contributed by atoms with van der Waals surface area (Å²) >= 11 is 5.87. The highest BCUT2D eigenvalue weighted by atomic mass is 35.5. The third-order valence-electron chi connectivity index (χ3n) is 2.22. The number of nitrogens with one attached hydrogen (secondary N) is 1. The van der Waals surface area contributed by atoms with Gasteiger partial charge in [0, 0.05) is 16.8 Å². The Kier molecular flexibility index (Phi) is 3.61. The monoisotopic (exact) mass is 197 g/mol. The number of anilines is 1. The largest absolute Gasteiger partial charge is 0.382 e. The van der Waals surface area contributed by atoms with Gasteiger partial charge in [-0.15, -0.1) is 0 Å². The van der Waals surface area contributed by atoms with Gasteiger partial charge in [-0.2, -0.15) is 0 Å². The molecule has 1 unspecified atom stereocenters. The van der Waals surface area contributed by atoms with Crippen molar-refractivity contribution in [1.29, 1.82) is 0 Å². The zero-order valence-corrected chi connectivity index (χ0v) is 9.10. The van der Waals surface area contributed by atoms with Crippen LogP contribution in [0.4, 0.5) is 5.69 Å². The van der Waals surface area contributed by atoms with Crippen LogP contribution in [0.25, 0.3) is 0 Å². The second kappa shape index (κ2) is 4.52. The second-order valence-electron chi connectivity index (χ2n) is 3.69. The van der Waals surface area contributed by atoms with Gasteiger partial charge in [-0.25, -0.2) is 0 Å². The van der Waals surface area contributed by atoms with Gasteiger partial charge < -0.3 is 5.32 Å². The van der Waals surface area contributed by atoms with Crippen LogP contribution < -0.4 is 5.32 Å². The summed E-state index contributed by atoms with van der Waals surface area (Å²) in [6.07, 6.45) is 0. The highest BCUT2D eigenvalue weighted by molar-refractivity contribution is 6.30. The van der Waals surface area contributed by atoms with E-state index in [4.69, 9.17) is 11.6 Å². The molecule has 72 valence electrons. The molecule has 1 nitrogen and oxygen atoms in total. The molecule has 0 saturated heterocycles. The fourth-order valence-corrected chi connectivity index (χ4v) is 1.20. The van der Waals surface area contributed by atoms with E-state index in [1.54, 1.807) is 0 Å². The summed E-state index contributed by atoms with van der Waals surface area (Å²) in [7, 11) is 0. The SMILES string of the molecule is CC(C)C(C)Nc1cccc(Cl)c1. The van der Waals surface area contributed by atoms with E-state index in [1.807, 2.05) is 24.3 Å². The molecule has 0 saturated carbocycles. The lowest BCUT2D eigenvalue weighted by atomic mass is 10.1. The molecular weight excluding hydrogens is 182 g/mol. The molecule has 0 fully saturated rings. The maximum absolute atomic E-state index is 5.87. The first-order chi connectivity index (χ1) is 6.09. The lowest BCUT2D eigenvalue weighted by molar-refractivity contribution is 0.560. The lowest BCUT2D eigenvalue weighted by Crippen LogP contribution is -2.21. The van der Waals surface area contributed by atoms with Gasteiger partial charge in [0.15, 0.2) is 0 Å². The van der Waals surface area contributed by atoms with Crippen molar-refractivity contribution in [2.45, 2.75) is 26.8 Å². The Labute approximate surface area is 85.1 Å². The number of benzene rings is 1. The Morgan fingerprint density at radius 3 is 2.46 bits per heavy atom. The van der Waals surface area contributed by atoms with Crippen LogP contribution in [0.2, 0.25) is 5.02 Å². The summed E-state index contributed by atoms with van der Waals surface area (Å²) in [6.45, 7) is 6.57. The summed E-state index contributed by atoms with van der Waals surface area (Å²) in [5.74, 6) is 0.624. The summed E-state index contributed by atoms with van der Waals surface area (Å²) in [6, 6.07) is 8.29. The fraction of sp³-hybridized carbons (Fsp3) is 0.455. The smallest absolute Gasteiger partial charge is 0.0426 e. The maximum atomic E-state index is 5.87. The van der Waals surface area contributed by atoms with Gasteiger partial charge in [0.1, 0.15) is 0 Å². The van der Waals surface area contributed by atoms with Crippen molar-refractivity contribution in [2.24, 2.45) is 5.92 Å². The van der Waals surface area contributed by atoms with Crippen molar-refractivity contribution in [3.8, 4) is 0 Å². The molecule has 0 bridgehead atoms. The van der Waals surface area contributed by atoms with E-state index in [2.05, 4.69) is 26.1 Å². The molecular formula is C11H16ClN. The van der Waals surface area contributed by atoms with Gasteiger partial charge in [0.2, 0.25) is 0 Å².